The smallest absolute Gasteiger partial charge is 0.243 e. The van der Waals surface area contributed by atoms with Gasteiger partial charge in [0.25, 0.3) is 0 Å². The molecule has 0 amide bonds. The molecule has 2 aromatic heterocycles. The average molecular weight is 350 g/mol. The van der Waals surface area contributed by atoms with Crippen molar-refractivity contribution in [2.45, 2.75) is 17.9 Å². The van der Waals surface area contributed by atoms with Gasteiger partial charge in [-0.15, -0.1) is 0 Å². The van der Waals surface area contributed by atoms with Crippen LogP contribution in [-0.2, 0) is 10.0 Å². The van der Waals surface area contributed by atoms with E-state index in [1.807, 2.05) is 19.1 Å². The van der Waals surface area contributed by atoms with E-state index < -0.39 is 10.0 Å². The molecular weight excluding hydrogens is 334 g/mol. The highest BCUT2D eigenvalue weighted by molar-refractivity contribution is 7.89. The summed E-state index contributed by atoms with van der Waals surface area (Å²) in [6.07, 6.45) is 5.09. The Balaban J connectivity index is 1.95. The summed E-state index contributed by atoms with van der Waals surface area (Å²) in [7, 11) is -2.05. The molecule has 0 fully saturated rings. The summed E-state index contributed by atoms with van der Waals surface area (Å²) in [6.45, 7) is 1.84. The Morgan fingerprint density at radius 3 is 2.57 bits per heavy atom. The van der Waals surface area contributed by atoms with Crippen LogP contribution < -0.4 is 0 Å². The first-order valence-corrected chi connectivity index (χ1v) is 8.87. The second-order valence-corrected chi connectivity index (χ2v) is 7.74. The lowest BCUT2D eigenvalue weighted by Gasteiger charge is -2.24. The summed E-state index contributed by atoms with van der Waals surface area (Å²) in [5.41, 5.74) is 1.47. The highest BCUT2D eigenvalue weighted by Gasteiger charge is 2.26. The minimum absolute atomic E-state index is 0.222. The molecule has 0 bridgehead atoms. The first-order chi connectivity index (χ1) is 10.9. The molecule has 0 aliphatic carbocycles. The first kappa shape index (κ1) is 16.0. The van der Waals surface area contributed by atoms with E-state index in [0.29, 0.717) is 10.7 Å². The van der Waals surface area contributed by atoms with Gasteiger partial charge in [-0.05, 0) is 30.7 Å². The van der Waals surface area contributed by atoms with Gasteiger partial charge in [-0.3, -0.25) is 0 Å². The Morgan fingerprint density at radius 2 is 1.87 bits per heavy atom. The van der Waals surface area contributed by atoms with Crippen LogP contribution in [0.3, 0.4) is 0 Å². The van der Waals surface area contributed by atoms with Gasteiger partial charge in [0.1, 0.15) is 5.65 Å². The van der Waals surface area contributed by atoms with Crippen molar-refractivity contribution in [2.24, 2.45) is 0 Å². The minimum Gasteiger partial charge on any atom is -0.307 e. The van der Waals surface area contributed by atoms with Crippen LogP contribution in [0.4, 0.5) is 0 Å². The lowest BCUT2D eigenvalue weighted by Crippen LogP contribution is -2.29. The highest BCUT2D eigenvalue weighted by atomic mass is 35.5. The summed E-state index contributed by atoms with van der Waals surface area (Å²) in [6, 6.07) is 10.0. The summed E-state index contributed by atoms with van der Waals surface area (Å²) in [5, 5.41) is 0.621. The third-order valence-electron chi connectivity index (χ3n) is 3.94. The van der Waals surface area contributed by atoms with Gasteiger partial charge in [0.2, 0.25) is 10.0 Å². The predicted octanol–water partition coefficient (Wildman–Crippen LogP) is 3.37. The van der Waals surface area contributed by atoms with E-state index in [2.05, 4.69) is 4.98 Å². The minimum atomic E-state index is -3.62. The predicted molar refractivity (Wildman–Crippen MR) is 90.0 cm³/mol. The summed E-state index contributed by atoms with van der Waals surface area (Å²) in [4.78, 5) is 4.35. The molecule has 1 aromatic carbocycles. The number of rotatable bonds is 4. The maximum absolute atomic E-state index is 12.8. The fraction of sp³-hybridized carbons (Fsp3) is 0.188. The summed E-state index contributed by atoms with van der Waals surface area (Å²) < 4.78 is 28.8. The molecule has 3 aromatic rings. The number of pyridine rings is 1. The van der Waals surface area contributed by atoms with Gasteiger partial charge in [-0.25, -0.2) is 13.4 Å². The number of benzene rings is 1. The molecule has 0 saturated carbocycles. The fourth-order valence-electron chi connectivity index (χ4n) is 2.38. The zero-order chi connectivity index (χ0) is 16.6. The van der Waals surface area contributed by atoms with Crippen molar-refractivity contribution in [3.63, 3.8) is 0 Å². The molecule has 7 heteroatoms. The van der Waals surface area contributed by atoms with E-state index in [4.69, 9.17) is 11.6 Å². The first-order valence-electron chi connectivity index (χ1n) is 7.06. The van der Waals surface area contributed by atoms with Crippen molar-refractivity contribution >= 4 is 27.3 Å². The van der Waals surface area contributed by atoms with Crippen molar-refractivity contribution in [3.05, 3.63) is 65.6 Å². The van der Waals surface area contributed by atoms with E-state index in [0.717, 1.165) is 5.56 Å². The monoisotopic (exact) mass is 349 g/mol. The second kappa shape index (κ2) is 5.96. The summed E-state index contributed by atoms with van der Waals surface area (Å²) in [5.74, 6) is 0. The molecule has 120 valence electrons. The van der Waals surface area contributed by atoms with E-state index in [1.54, 1.807) is 54.3 Å². The van der Waals surface area contributed by atoms with Crippen LogP contribution in [0.5, 0.6) is 0 Å². The van der Waals surface area contributed by atoms with Gasteiger partial charge in [-0.1, -0.05) is 23.7 Å². The van der Waals surface area contributed by atoms with Crippen LogP contribution in [-0.4, -0.2) is 29.2 Å². The van der Waals surface area contributed by atoms with Crippen molar-refractivity contribution in [3.8, 4) is 0 Å². The molecule has 0 unspecified atom stereocenters. The molecule has 0 spiro atoms. The third kappa shape index (κ3) is 2.97. The molecular formula is C16H16ClN3O2S. The van der Waals surface area contributed by atoms with Gasteiger partial charge in [0, 0.05) is 42.8 Å². The quantitative estimate of drug-likeness (QED) is 0.725. The molecule has 0 radical (unpaired) electrons. The van der Waals surface area contributed by atoms with Crippen molar-refractivity contribution < 1.29 is 8.42 Å². The third-order valence-corrected chi connectivity index (χ3v) is 6.12. The van der Waals surface area contributed by atoms with Gasteiger partial charge in [-0.2, -0.15) is 4.31 Å². The number of imidazole rings is 1. The van der Waals surface area contributed by atoms with Crippen LogP contribution in [0, 0.1) is 0 Å². The standard InChI is InChI=1S/C16H16ClN3O2S/c1-12(13-3-5-14(17)6-4-13)19(2)23(21,22)15-7-9-20-10-8-18-16(20)11-15/h3-12H,1-2H3/t12-/m0/s1. The SMILES string of the molecule is C[C@@H](c1ccc(Cl)cc1)N(C)S(=O)(=O)c1ccn2ccnc2c1. The van der Waals surface area contributed by atoms with Crippen LogP contribution >= 0.6 is 11.6 Å². The van der Waals surface area contributed by atoms with Crippen molar-refractivity contribution in [1.29, 1.82) is 0 Å². The molecule has 1 atom stereocenters. The van der Waals surface area contributed by atoms with E-state index in [-0.39, 0.29) is 10.9 Å². The number of nitrogens with zero attached hydrogens (tertiary/aromatic N) is 3. The van der Waals surface area contributed by atoms with E-state index in [9.17, 15) is 8.42 Å². The molecule has 3 rings (SSSR count). The number of hydrogen-bond acceptors (Lipinski definition) is 3. The number of halogens is 1. The molecule has 0 saturated heterocycles. The maximum atomic E-state index is 12.8. The largest absolute Gasteiger partial charge is 0.307 e. The second-order valence-electron chi connectivity index (χ2n) is 5.30. The van der Waals surface area contributed by atoms with E-state index in [1.165, 1.54) is 4.31 Å². The number of fused-ring (bicyclic) bond motifs is 1. The van der Waals surface area contributed by atoms with Crippen molar-refractivity contribution in [1.82, 2.24) is 13.7 Å². The lowest BCUT2D eigenvalue weighted by atomic mass is 10.1. The zero-order valence-corrected chi connectivity index (χ0v) is 14.3. The number of sulfonamides is 1. The van der Waals surface area contributed by atoms with Gasteiger partial charge in [0.15, 0.2) is 0 Å². The number of hydrogen-bond donors (Lipinski definition) is 0. The van der Waals surface area contributed by atoms with Crippen LogP contribution in [0.15, 0.2) is 59.9 Å². The molecule has 0 aliphatic rings. The zero-order valence-electron chi connectivity index (χ0n) is 12.7. The molecule has 0 aliphatic heterocycles. The Hall–Kier alpha value is -1.89. The van der Waals surface area contributed by atoms with Crippen molar-refractivity contribution in [2.75, 3.05) is 7.05 Å². The van der Waals surface area contributed by atoms with Crippen LogP contribution in [0.25, 0.3) is 5.65 Å². The van der Waals surface area contributed by atoms with Gasteiger partial charge < -0.3 is 4.40 Å². The lowest BCUT2D eigenvalue weighted by molar-refractivity contribution is 0.398. The Labute approximate surface area is 140 Å². The molecule has 5 nitrogen and oxygen atoms in total. The Kier molecular flexibility index (Phi) is 4.14. The Morgan fingerprint density at radius 1 is 1.17 bits per heavy atom. The summed E-state index contributed by atoms with van der Waals surface area (Å²) >= 11 is 5.89. The number of aromatic nitrogens is 2. The van der Waals surface area contributed by atoms with Crippen LogP contribution in [0.2, 0.25) is 5.02 Å². The van der Waals surface area contributed by atoms with E-state index >= 15 is 0 Å². The Bertz CT molecular complexity index is 935. The fourth-order valence-corrected chi connectivity index (χ4v) is 3.86. The maximum Gasteiger partial charge on any atom is 0.243 e. The van der Waals surface area contributed by atoms with Gasteiger partial charge >= 0.3 is 0 Å². The van der Waals surface area contributed by atoms with Crippen LogP contribution in [0.1, 0.15) is 18.5 Å². The molecule has 0 N–H and O–H groups in total. The highest BCUT2D eigenvalue weighted by Crippen LogP contribution is 2.26. The van der Waals surface area contributed by atoms with Gasteiger partial charge in [0.05, 0.1) is 4.90 Å². The average Bonchev–Trinajstić information content (AvgIpc) is 3.01. The molecule has 2 heterocycles. The normalized spacial score (nSPS) is 13.6. The molecule has 23 heavy (non-hydrogen) atoms. The topological polar surface area (TPSA) is 54.7 Å².